The lowest BCUT2D eigenvalue weighted by atomic mass is 10.1. The van der Waals surface area contributed by atoms with Crippen LogP contribution in [0.4, 0.5) is 5.82 Å². The summed E-state index contributed by atoms with van der Waals surface area (Å²) in [7, 11) is 1.79. The van der Waals surface area contributed by atoms with Gasteiger partial charge in [0.15, 0.2) is 6.10 Å². The van der Waals surface area contributed by atoms with Gasteiger partial charge in [-0.15, -0.1) is 0 Å². The number of nitrogens with one attached hydrogen (secondary N) is 1. The third-order valence-electron chi connectivity index (χ3n) is 4.26. The van der Waals surface area contributed by atoms with Crippen LogP contribution < -0.4 is 10.1 Å². The number of hydrogen-bond acceptors (Lipinski definition) is 4. The van der Waals surface area contributed by atoms with Crippen molar-refractivity contribution in [3.05, 3.63) is 64.3 Å². The van der Waals surface area contributed by atoms with E-state index in [1.54, 1.807) is 42.9 Å². The van der Waals surface area contributed by atoms with Gasteiger partial charge in [-0.05, 0) is 55.8 Å². The van der Waals surface area contributed by atoms with Crippen LogP contribution in [0.25, 0.3) is 11.1 Å². The minimum Gasteiger partial charge on any atom is -0.481 e. The van der Waals surface area contributed by atoms with E-state index in [1.807, 2.05) is 37.3 Å². The molecule has 3 aromatic rings. The predicted octanol–water partition coefficient (Wildman–Crippen LogP) is 4.44. The smallest absolute Gasteiger partial charge is 0.266 e. The maximum atomic E-state index is 12.7. The Labute approximate surface area is 171 Å². The van der Waals surface area contributed by atoms with Gasteiger partial charge in [0, 0.05) is 17.1 Å². The summed E-state index contributed by atoms with van der Waals surface area (Å²) in [6, 6.07) is 16.5. The average Bonchev–Trinajstić information content (AvgIpc) is 2.96. The number of nitrogens with zero attached hydrogens (tertiary/aromatic N) is 3. The van der Waals surface area contributed by atoms with Crippen LogP contribution in [0.5, 0.6) is 5.75 Å². The molecule has 3 rings (SSSR count). The zero-order chi connectivity index (χ0) is 20.3. The molecule has 0 bridgehead atoms. The normalized spacial score (nSPS) is 11.5. The van der Waals surface area contributed by atoms with Crippen LogP contribution in [0.2, 0.25) is 0 Å². The molecule has 1 aromatic heterocycles. The fourth-order valence-corrected chi connectivity index (χ4v) is 3.11. The quantitative estimate of drug-likeness (QED) is 0.638. The molecule has 1 heterocycles. The van der Waals surface area contributed by atoms with Crippen molar-refractivity contribution in [2.45, 2.75) is 20.0 Å². The molecule has 28 heavy (non-hydrogen) atoms. The standard InChI is InChI=1S/C21H19BrN4O2/c1-13-19(16-6-8-17(22)9-7-16)20(26(3)25-13)24-21(27)14(2)28-18-10-4-15(12-23)5-11-18/h4-11,14H,1-3H3,(H,24,27). The second kappa shape index (κ2) is 8.28. The number of amides is 1. The Morgan fingerprint density at radius 1 is 1.21 bits per heavy atom. The van der Waals surface area contributed by atoms with Crippen LogP contribution in [0, 0.1) is 18.3 Å². The predicted molar refractivity (Wildman–Crippen MR) is 111 cm³/mol. The fraction of sp³-hybridized carbons (Fsp3) is 0.190. The first-order valence-corrected chi connectivity index (χ1v) is 9.45. The van der Waals surface area contributed by atoms with Gasteiger partial charge in [-0.1, -0.05) is 28.1 Å². The van der Waals surface area contributed by atoms with E-state index in [-0.39, 0.29) is 5.91 Å². The van der Waals surface area contributed by atoms with Gasteiger partial charge in [0.05, 0.1) is 17.3 Å². The number of aryl methyl sites for hydroxylation is 2. The molecule has 0 fully saturated rings. The summed E-state index contributed by atoms with van der Waals surface area (Å²) in [5, 5.41) is 16.2. The van der Waals surface area contributed by atoms with Crippen molar-refractivity contribution >= 4 is 27.7 Å². The van der Waals surface area contributed by atoms with Crippen LogP contribution in [0.15, 0.2) is 53.0 Å². The van der Waals surface area contributed by atoms with Crippen molar-refractivity contribution in [2.24, 2.45) is 7.05 Å². The zero-order valence-corrected chi connectivity index (χ0v) is 17.3. The molecular weight excluding hydrogens is 420 g/mol. The SMILES string of the molecule is Cc1nn(C)c(NC(=O)C(C)Oc2ccc(C#N)cc2)c1-c1ccc(Br)cc1. The monoisotopic (exact) mass is 438 g/mol. The Morgan fingerprint density at radius 3 is 2.46 bits per heavy atom. The highest BCUT2D eigenvalue weighted by Crippen LogP contribution is 2.32. The van der Waals surface area contributed by atoms with Crippen molar-refractivity contribution in [3.8, 4) is 22.9 Å². The number of rotatable bonds is 5. The van der Waals surface area contributed by atoms with Crippen LogP contribution in [-0.2, 0) is 11.8 Å². The largest absolute Gasteiger partial charge is 0.481 e. The summed E-state index contributed by atoms with van der Waals surface area (Å²) < 4.78 is 8.33. The molecule has 1 N–H and O–H groups in total. The van der Waals surface area contributed by atoms with Gasteiger partial charge in [0.1, 0.15) is 11.6 Å². The summed E-state index contributed by atoms with van der Waals surface area (Å²) in [4.78, 5) is 12.7. The molecule has 6 nitrogen and oxygen atoms in total. The molecule has 1 atom stereocenters. The van der Waals surface area contributed by atoms with E-state index in [9.17, 15) is 4.79 Å². The van der Waals surface area contributed by atoms with Crippen molar-refractivity contribution < 1.29 is 9.53 Å². The molecule has 0 radical (unpaired) electrons. The van der Waals surface area contributed by atoms with Crippen LogP contribution >= 0.6 is 15.9 Å². The van der Waals surface area contributed by atoms with Crippen molar-refractivity contribution in [3.63, 3.8) is 0 Å². The number of carbonyl (C=O) groups is 1. The van der Waals surface area contributed by atoms with E-state index in [0.29, 0.717) is 17.1 Å². The highest BCUT2D eigenvalue weighted by Gasteiger charge is 2.21. The molecule has 142 valence electrons. The van der Waals surface area contributed by atoms with Gasteiger partial charge in [-0.2, -0.15) is 10.4 Å². The average molecular weight is 439 g/mol. The van der Waals surface area contributed by atoms with Gasteiger partial charge in [0.25, 0.3) is 5.91 Å². The van der Waals surface area contributed by atoms with Crippen molar-refractivity contribution in [1.29, 1.82) is 5.26 Å². The fourth-order valence-electron chi connectivity index (χ4n) is 2.85. The van der Waals surface area contributed by atoms with Crippen molar-refractivity contribution in [2.75, 3.05) is 5.32 Å². The lowest BCUT2D eigenvalue weighted by molar-refractivity contribution is -0.122. The minimum atomic E-state index is -0.721. The first-order valence-electron chi connectivity index (χ1n) is 8.66. The molecule has 7 heteroatoms. The molecule has 0 spiro atoms. The van der Waals surface area contributed by atoms with Gasteiger partial charge in [-0.3, -0.25) is 9.48 Å². The van der Waals surface area contributed by atoms with Crippen molar-refractivity contribution in [1.82, 2.24) is 9.78 Å². The summed E-state index contributed by atoms with van der Waals surface area (Å²) in [6.45, 7) is 3.58. The number of anilines is 1. The Bertz CT molecular complexity index is 1030. The lowest BCUT2D eigenvalue weighted by Crippen LogP contribution is -2.31. The first-order chi connectivity index (χ1) is 13.4. The molecule has 0 aliphatic carbocycles. The molecule has 0 aliphatic heterocycles. The Kier molecular flexibility index (Phi) is 5.81. The summed E-state index contributed by atoms with van der Waals surface area (Å²) in [5.41, 5.74) is 3.19. The minimum absolute atomic E-state index is 0.286. The van der Waals surface area contributed by atoms with Gasteiger partial charge < -0.3 is 10.1 Å². The Hall–Kier alpha value is -3.11. The molecule has 1 amide bonds. The van der Waals surface area contributed by atoms with Crippen LogP contribution in [0.1, 0.15) is 18.2 Å². The van der Waals surface area contributed by atoms with E-state index in [0.717, 1.165) is 21.3 Å². The topological polar surface area (TPSA) is 79.9 Å². The second-order valence-electron chi connectivity index (χ2n) is 6.33. The van der Waals surface area contributed by atoms with Crippen LogP contribution in [-0.4, -0.2) is 21.8 Å². The lowest BCUT2D eigenvalue weighted by Gasteiger charge is -2.16. The maximum Gasteiger partial charge on any atom is 0.266 e. The third-order valence-corrected chi connectivity index (χ3v) is 4.79. The second-order valence-corrected chi connectivity index (χ2v) is 7.24. The van der Waals surface area contributed by atoms with E-state index in [2.05, 4.69) is 26.3 Å². The van der Waals surface area contributed by atoms with Crippen LogP contribution in [0.3, 0.4) is 0 Å². The number of nitriles is 1. The summed E-state index contributed by atoms with van der Waals surface area (Å²) >= 11 is 3.44. The Morgan fingerprint density at radius 2 is 1.86 bits per heavy atom. The number of hydrogen-bond donors (Lipinski definition) is 1. The molecule has 1 unspecified atom stereocenters. The molecule has 2 aromatic carbocycles. The number of halogens is 1. The number of benzene rings is 2. The summed E-state index contributed by atoms with van der Waals surface area (Å²) in [6.07, 6.45) is -0.721. The van der Waals surface area contributed by atoms with E-state index < -0.39 is 6.10 Å². The van der Waals surface area contributed by atoms with Gasteiger partial charge in [-0.25, -0.2) is 0 Å². The van der Waals surface area contributed by atoms with E-state index >= 15 is 0 Å². The molecular formula is C21H19BrN4O2. The number of carbonyl (C=O) groups excluding carboxylic acids is 1. The van der Waals surface area contributed by atoms with E-state index in [1.165, 1.54) is 0 Å². The molecule has 0 saturated heterocycles. The third kappa shape index (κ3) is 4.24. The van der Waals surface area contributed by atoms with E-state index in [4.69, 9.17) is 10.00 Å². The number of ether oxygens (including phenoxy) is 1. The highest BCUT2D eigenvalue weighted by atomic mass is 79.9. The Balaban J connectivity index is 1.79. The zero-order valence-electron chi connectivity index (χ0n) is 15.7. The molecule has 0 saturated carbocycles. The van der Waals surface area contributed by atoms with Gasteiger partial charge in [0.2, 0.25) is 0 Å². The molecule has 0 aliphatic rings. The first kappa shape index (κ1) is 19.6. The van der Waals surface area contributed by atoms with Gasteiger partial charge >= 0.3 is 0 Å². The summed E-state index contributed by atoms with van der Waals surface area (Å²) in [5.74, 6) is 0.849. The maximum absolute atomic E-state index is 12.7. The number of aromatic nitrogens is 2. The highest BCUT2D eigenvalue weighted by molar-refractivity contribution is 9.10.